The van der Waals surface area contributed by atoms with Crippen LogP contribution in [0.15, 0.2) is 18.2 Å². The van der Waals surface area contributed by atoms with Crippen LogP contribution in [-0.4, -0.2) is 44.0 Å². The Kier molecular flexibility index (Phi) is 4.53. The van der Waals surface area contributed by atoms with E-state index >= 15 is 0 Å². The highest BCUT2D eigenvalue weighted by molar-refractivity contribution is 5.39. The monoisotopic (exact) mass is 276 g/mol. The van der Waals surface area contributed by atoms with Gasteiger partial charge in [0.2, 0.25) is 0 Å². The summed E-state index contributed by atoms with van der Waals surface area (Å²) in [4.78, 5) is 6.97. The van der Waals surface area contributed by atoms with E-state index in [9.17, 15) is 0 Å². The molecule has 3 rings (SSSR count). The van der Waals surface area contributed by atoms with E-state index in [1.807, 2.05) is 13.0 Å². The number of pyridine rings is 1. The summed E-state index contributed by atoms with van der Waals surface area (Å²) < 4.78 is 11.4. The molecule has 1 unspecified atom stereocenters. The number of piperidine rings is 1. The highest BCUT2D eigenvalue weighted by atomic mass is 16.5. The van der Waals surface area contributed by atoms with Gasteiger partial charge in [0, 0.05) is 31.3 Å². The second-order valence-electron chi connectivity index (χ2n) is 5.89. The van der Waals surface area contributed by atoms with E-state index in [4.69, 9.17) is 9.47 Å². The van der Waals surface area contributed by atoms with Crippen molar-refractivity contribution in [3.63, 3.8) is 0 Å². The van der Waals surface area contributed by atoms with Gasteiger partial charge in [-0.3, -0.25) is 0 Å². The number of ether oxygens (including phenoxy) is 2. The van der Waals surface area contributed by atoms with Crippen molar-refractivity contribution < 1.29 is 9.47 Å². The summed E-state index contributed by atoms with van der Waals surface area (Å²) in [6.07, 6.45) is 3.77. The Labute approximate surface area is 121 Å². The second kappa shape index (κ2) is 6.55. The Hall–Kier alpha value is -1.13. The Morgan fingerprint density at radius 1 is 1.30 bits per heavy atom. The Morgan fingerprint density at radius 3 is 2.85 bits per heavy atom. The van der Waals surface area contributed by atoms with E-state index in [1.54, 1.807) is 0 Å². The Morgan fingerprint density at radius 2 is 2.15 bits per heavy atom. The third-order valence-corrected chi connectivity index (χ3v) is 4.23. The fraction of sp³-hybridized carbons (Fsp3) is 0.688. The maximum Gasteiger partial charge on any atom is 0.128 e. The third kappa shape index (κ3) is 3.49. The topological polar surface area (TPSA) is 34.6 Å². The molecule has 2 fully saturated rings. The van der Waals surface area contributed by atoms with Gasteiger partial charge in [-0.05, 0) is 38.3 Å². The van der Waals surface area contributed by atoms with Crippen LogP contribution in [-0.2, 0) is 9.47 Å². The molecule has 1 aromatic rings. The molecule has 1 aromatic heterocycles. The number of hydrogen-bond acceptors (Lipinski definition) is 4. The summed E-state index contributed by atoms with van der Waals surface area (Å²) in [7, 11) is 0. The summed E-state index contributed by atoms with van der Waals surface area (Å²) in [5, 5.41) is 0. The van der Waals surface area contributed by atoms with Gasteiger partial charge in [-0.15, -0.1) is 0 Å². The molecule has 0 bridgehead atoms. The quantitative estimate of drug-likeness (QED) is 0.846. The fourth-order valence-corrected chi connectivity index (χ4v) is 2.94. The molecule has 0 aromatic carbocycles. The van der Waals surface area contributed by atoms with Crippen molar-refractivity contribution in [1.82, 2.24) is 4.98 Å². The van der Waals surface area contributed by atoms with Gasteiger partial charge < -0.3 is 14.4 Å². The van der Waals surface area contributed by atoms with Crippen molar-refractivity contribution in [3.8, 4) is 0 Å². The molecule has 2 aliphatic heterocycles. The van der Waals surface area contributed by atoms with Crippen molar-refractivity contribution in [1.29, 1.82) is 0 Å². The predicted molar refractivity (Wildman–Crippen MR) is 79.1 cm³/mol. The number of aromatic nitrogens is 1. The molecular weight excluding hydrogens is 252 g/mol. The summed E-state index contributed by atoms with van der Waals surface area (Å²) >= 11 is 0. The lowest BCUT2D eigenvalue weighted by molar-refractivity contribution is 0.0131. The van der Waals surface area contributed by atoms with Crippen LogP contribution in [0.1, 0.15) is 25.0 Å². The largest absolute Gasteiger partial charge is 0.381 e. The first-order valence-corrected chi connectivity index (χ1v) is 7.69. The lowest BCUT2D eigenvalue weighted by atomic mass is 10.1. The van der Waals surface area contributed by atoms with Gasteiger partial charge in [-0.1, -0.05) is 6.07 Å². The van der Waals surface area contributed by atoms with Crippen LogP contribution in [0.2, 0.25) is 0 Å². The van der Waals surface area contributed by atoms with E-state index in [0.717, 1.165) is 63.7 Å². The van der Waals surface area contributed by atoms with Crippen LogP contribution in [0.3, 0.4) is 0 Å². The molecule has 4 heteroatoms. The zero-order valence-corrected chi connectivity index (χ0v) is 12.3. The molecule has 4 nitrogen and oxygen atoms in total. The normalized spacial score (nSPS) is 24.2. The van der Waals surface area contributed by atoms with Gasteiger partial charge in [0.1, 0.15) is 5.82 Å². The number of hydrogen-bond donors (Lipinski definition) is 0. The van der Waals surface area contributed by atoms with E-state index in [0.29, 0.717) is 12.0 Å². The summed E-state index contributed by atoms with van der Waals surface area (Å²) in [6.45, 7) is 6.79. The third-order valence-electron chi connectivity index (χ3n) is 4.23. The summed E-state index contributed by atoms with van der Waals surface area (Å²) in [6, 6.07) is 6.23. The second-order valence-corrected chi connectivity index (χ2v) is 5.89. The van der Waals surface area contributed by atoms with Crippen molar-refractivity contribution in [2.75, 3.05) is 37.8 Å². The van der Waals surface area contributed by atoms with Gasteiger partial charge in [0.25, 0.3) is 0 Å². The van der Waals surface area contributed by atoms with Crippen LogP contribution < -0.4 is 4.90 Å². The van der Waals surface area contributed by atoms with E-state index in [1.165, 1.54) is 0 Å². The highest BCUT2D eigenvalue weighted by Crippen LogP contribution is 2.21. The molecule has 0 aliphatic carbocycles. The lowest BCUT2D eigenvalue weighted by Crippen LogP contribution is -2.38. The summed E-state index contributed by atoms with van der Waals surface area (Å²) in [5.41, 5.74) is 1.09. The van der Waals surface area contributed by atoms with E-state index in [2.05, 4.69) is 22.0 Å². The first-order valence-electron chi connectivity index (χ1n) is 7.69. The first-order chi connectivity index (χ1) is 9.81. The molecule has 0 saturated carbocycles. The van der Waals surface area contributed by atoms with E-state index < -0.39 is 0 Å². The number of rotatable bonds is 4. The number of aryl methyl sites for hydroxylation is 1. The van der Waals surface area contributed by atoms with Crippen molar-refractivity contribution in [2.24, 2.45) is 5.92 Å². The minimum absolute atomic E-state index is 0.414. The van der Waals surface area contributed by atoms with Crippen LogP contribution in [0.25, 0.3) is 0 Å². The SMILES string of the molecule is Cc1cccc(N2CCC(OCC3CCOC3)CC2)n1. The lowest BCUT2D eigenvalue weighted by Gasteiger charge is -2.33. The van der Waals surface area contributed by atoms with Gasteiger partial charge in [0.15, 0.2) is 0 Å². The molecule has 2 saturated heterocycles. The zero-order chi connectivity index (χ0) is 13.8. The smallest absolute Gasteiger partial charge is 0.128 e. The Balaban J connectivity index is 1.44. The molecule has 0 radical (unpaired) electrons. The fourth-order valence-electron chi connectivity index (χ4n) is 2.94. The molecule has 0 spiro atoms. The summed E-state index contributed by atoms with van der Waals surface area (Å²) in [5.74, 6) is 1.72. The van der Waals surface area contributed by atoms with Gasteiger partial charge in [0.05, 0.1) is 19.3 Å². The molecular formula is C16H24N2O2. The van der Waals surface area contributed by atoms with Crippen LogP contribution in [0, 0.1) is 12.8 Å². The first kappa shape index (κ1) is 13.8. The Bertz CT molecular complexity index is 424. The van der Waals surface area contributed by atoms with Crippen molar-refractivity contribution in [3.05, 3.63) is 23.9 Å². The highest BCUT2D eigenvalue weighted by Gasteiger charge is 2.23. The molecule has 0 amide bonds. The average molecular weight is 276 g/mol. The van der Waals surface area contributed by atoms with Gasteiger partial charge in [-0.25, -0.2) is 4.98 Å². The number of anilines is 1. The molecule has 0 N–H and O–H groups in total. The predicted octanol–water partition coefficient (Wildman–Crippen LogP) is 2.41. The molecule has 3 heterocycles. The maximum atomic E-state index is 6.05. The molecule has 1 atom stereocenters. The minimum atomic E-state index is 0.414. The van der Waals surface area contributed by atoms with E-state index in [-0.39, 0.29) is 0 Å². The van der Waals surface area contributed by atoms with Crippen molar-refractivity contribution >= 4 is 5.82 Å². The maximum absolute atomic E-state index is 6.05. The zero-order valence-electron chi connectivity index (χ0n) is 12.3. The van der Waals surface area contributed by atoms with Crippen LogP contribution >= 0.6 is 0 Å². The molecule has 20 heavy (non-hydrogen) atoms. The molecule has 110 valence electrons. The molecule has 2 aliphatic rings. The van der Waals surface area contributed by atoms with Crippen LogP contribution in [0.4, 0.5) is 5.82 Å². The van der Waals surface area contributed by atoms with Gasteiger partial charge in [-0.2, -0.15) is 0 Å². The van der Waals surface area contributed by atoms with Crippen LogP contribution in [0.5, 0.6) is 0 Å². The van der Waals surface area contributed by atoms with Gasteiger partial charge >= 0.3 is 0 Å². The minimum Gasteiger partial charge on any atom is -0.381 e. The van der Waals surface area contributed by atoms with Crippen molar-refractivity contribution in [2.45, 2.75) is 32.3 Å². The standard InChI is InChI=1S/C16H24N2O2/c1-13-3-2-4-16(17-13)18-8-5-15(6-9-18)20-12-14-7-10-19-11-14/h2-4,14-15H,5-12H2,1H3. The average Bonchev–Trinajstić information content (AvgIpc) is 2.99. The number of nitrogens with zero attached hydrogens (tertiary/aromatic N) is 2.